The number of anilines is 1. The highest BCUT2D eigenvalue weighted by Crippen LogP contribution is 2.47. The van der Waals surface area contributed by atoms with Gasteiger partial charge in [-0.25, -0.2) is 4.98 Å². The number of aromatic nitrogens is 2. The van der Waals surface area contributed by atoms with Crippen molar-refractivity contribution in [2.45, 2.75) is 30.7 Å². The van der Waals surface area contributed by atoms with Gasteiger partial charge in [0.1, 0.15) is 12.4 Å². The van der Waals surface area contributed by atoms with Crippen LogP contribution in [0.25, 0.3) is 16.7 Å². The van der Waals surface area contributed by atoms with Crippen LogP contribution in [0.15, 0.2) is 54.9 Å². The minimum Gasteiger partial charge on any atom is -0.324 e. The molecule has 0 aliphatic carbocycles. The summed E-state index contributed by atoms with van der Waals surface area (Å²) in [5.74, 6) is 0.606. The van der Waals surface area contributed by atoms with Crippen LogP contribution >= 0.6 is 11.8 Å². The van der Waals surface area contributed by atoms with Crippen LogP contribution in [0.1, 0.15) is 19.8 Å². The summed E-state index contributed by atoms with van der Waals surface area (Å²) in [6, 6.07) is 15.2. The Morgan fingerprint density at radius 1 is 1.21 bits per heavy atom. The number of para-hydroxylation sites is 2. The summed E-state index contributed by atoms with van der Waals surface area (Å²) in [5.41, 5.74) is 3.68. The van der Waals surface area contributed by atoms with Crippen molar-refractivity contribution in [3.63, 3.8) is 0 Å². The van der Waals surface area contributed by atoms with Crippen LogP contribution in [0.5, 0.6) is 0 Å². The molecule has 0 spiro atoms. The van der Waals surface area contributed by atoms with E-state index < -0.39 is 6.04 Å². The van der Waals surface area contributed by atoms with E-state index in [1.807, 2.05) is 53.1 Å². The minimum atomic E-state index is -0.401. The Bertz CT molecular complexity index is 1080. The highest BCUT2D eigenvalue weighted by Gasteiger charge is 2.52. The van der Waals surface area contributed by atoms with Gasteiger partial charge < -0.3 is 10.2 Å². The van der Waals surface area contributed by atoms with E-state index in [0.717, 1.165) is 28.8 Å². The van der Waals surface area contributed by atoms with Crippen LogP contribution in [0.3, 0.4) is 0 Å². The van der Waals surface area contributed by atoms with Gasteiger partial charge in [0, 0.05) is 23.5 Å². The third kappa shape index (κ3) is 2.69. The first-order valence-corrected chi connectivity index (χ1v) is 10.3. The average Bonchev–Trinajstić information content (AvgIpc) is 3.36. The highest BCUT2D eigenvalue weighted by atomic mass is 32.2. The van der Waals surface area contributed by atoms with Crippen LogP contribution in [-0.2, 0) is 9.59 Å². The second kappa shape index (κ2) is 6.38. The summed E-state index contributed by atoms with van der Waals surface area (Å²) in [6.07, 6.45) is 3.14. The standard InChI is InChI=1S/C21H20N4O2S/c1-21-11-10-19(26)25(21)18(12-28-21)20(27)23-14-6-8-15(9-7-14)24-13-22-16-4-2-3-5-17(16)24/h2-9,13,18H,10-12H2,1H3,(H,23,27)/t18-,21+/m1/s1. The van der Waals surface area contributed by atoms with Gasteiger partial charge in [-0.1, -0.05) is 12.1 Å². The molecule has 2 amide bonds. The van der Waals surface area contributed by atoms with Gasteiger partial charge in [0.2, 0.25) is 11.8 Å². The van der Waals surface area contributed by atoms with E-state index >= 15 is 0 Å². The van der Waals surface area contributed by atoms with E-state index in [0.29, 0.717) is 12.2 Å². The molecule has 0 bridgehead atoms. The summed E-state index contributed by atoms with van der Waals surface area (Å²) in [6.45, 7) is 2.06. The number of thioether (sulfide) groups is 1. The molecule has 2 aliphatic rings. The first-order valence-electron chi connectivity index (χ1n) is 9.35. The van der Waals surface area contributed by atoms with E-state index in [9.17, 15) is 9.59 Å². The molecule has 2 fully saturated rings. The fourth-order valence-corrected chi connectivity index (χ4v) is 5.54. The summed E-state index contributed by atoms with van der Waals surface area (Å²) < 4.78 is 2.02. The maximum atomic E-state index is 12.8. The maximum Gasteiger partial charge on any atom is 0.248 e. The normalized spacial score (nSPS) is 24.0. The van der Waals surface area contributed by atoms with Crippen LogP contribution < -0.4 is 5.32 Å². The Kier molecular flexibility index (Phi) is 3.94. The third-order valence-corrected chi connectivity index (χ3v) is 7.12. The molecule has 2 saturated heterocycles. The predicted molar refractivity (Wildman–Crippen MR) is 110 cm³/mol. The maximum absolute atomic E-state index is 12.8. The van der Waals surface area contributed by atoms with Crippen LogP contribution in [-0.4, -0.2) is 42.9 Å². The molecule has 5 rings (SSSR count). The molecule has 142 valence electrons. The fraction of sp³-hybridized carbons (Fsp3) is 0.286. The molecule has 2 aromatic carbocycles. The Balaban J connectivity index is 1.34. The summed E-state index contributed by atoms with van der Waals surface area (Å²) in [4.78, 5) is 31.0. The summed E-state index contributed by atoms with van der Waals surface area (Å²) in [5, 5.41) is 2.97. The van der Waals surface area contributed by atoms with Gasteiger partial charge in [-0.2, -0.15) is 0 Å². The largest absolute Gasteiger partial charge is 0.324 e. The number of hydrogen-bond acceptors (Lipinski definition) is 4. The van der Waals surface area contributed by atoms with E-state index in [1.165, 1.54) is 0 Å². The van der Waals surface area contributed by atoms with E-state index in [1.54, 1.807) is 23.0 Å². The molecule has 0 saturated carbocycles. The molecule has 3 aromatic rings. The number of nitrogens with zero attached hydrogens (tertiary/aromatic N) is 3. The number of carbonyl (C=O) groups is 2. The van der Waals surface area contributed by atoms with Gasteiger partial charge >= 0.3 is 0 Å². The minimum absolute atomic E-state index is 0.0787. The van der Waals surface area contributed by atoms with Crippen molar-refractivity contribution in [3.05, 3.63) is 54.9 Å². The van der Waals surface area contributed by atoms with Gasteiger partial charge in [0.25, 0.3) is 0 Å². The number of benzene rings is 2. The first-order chi connectivity index (χ1) is 13.5. The summed E-state index contributed by atoms with van der Waals surface area (Å²) in [7, 11) is 0. The molecule has 3 heterocycles. The van der Waals surface area contributed by atoms with E-state index in [-0.39, 0.29) is 16.7 Å². The van der Waals surface area contributed by atoms with Crippen molar-refractivity contribution in [3.8, 4) is 5.69 Å². The Labute approximate surface area is 166 Å². The number of fused-ring (bicyclic) bond motifs is 2. The van der Waals surface area contributed by atoms with Crippen molar-refractivity contribution in [2.24, 2.45) is 0 Å². The lowest BCUT2D eigenvalue weighted by Crippen LogP contribution is -2.48. The van der Waals surface area contributed by atoms with Gasteiger partial charge in [-0.3, -0.25) is 14.2 Å². The molecule has 1 aromatic heterocycles. The third-order valence-electron chi connectivity index (χ3n) is 5.61. The topological polar surface area (TPSA) is 67.2 Å². The van der Waals surface area contributed by atoms with Crippen molar-refractivity contribution < 1.29 is 9.59 Å². The number of amides is 2. The predicted octanol–water partition coefficient (Wildman–Crippen LogP) is 3.42. The van der Waals surface area contributed by atoms with E-state index in [4.69, 9.17) is 0 Å². The lowest BCUT2D eigenvalue weighted by molar-refractivity contribution is -0.135. The first kappa shape index (κ1) is 17.3. The van der Waals surface area contributed by atoms with Crippen molar-refractivity contribution in [1.29, 1.82) is 0 Å². The number of nitrogens with one attached hydrogen (secondary N) is 1. The molecule has 1 N–H and O–H groups in total. The molecular weight excluding hydrogens is 372 g/mol. The lowest BCUT2D eigenvalue weighted by Gasteiger charge is -2.29. The molecular formula is C21H20N4O2S. The Morgan fingerprint density at radius 2 is 2.00 bits per heavy atom. The van der Waals surface area contributed by atoms with Crippen molar-refractivity contribution in [1.82, 2.24) is 14.5 Å². The number of hydrogen-bond donors (Lipinski definition) is 1. The zero-order valence-corrected chi connectivity index (χ0v) is 16.3. The van der Waals surface area contributed by atoms with Gasteiger partial charge in [-0.05, 0) is 49.7 Å². The SMILES string of the molecule is C[C@]12CCC(=O)N1[C@@H](C(=O)Nc1ccc(-n3cnc4ccccc43)cc1)CS2. The van der Waals surface area contributed by atoms with Crippen LogP contribution in [0, 0.1) is 0 Å². The quantitative estimate of drug-likeness (QED) is 0.742. The molecule has 6 nitrogen and oxygen atoms in total. The Morgan fingerprint density at radius 3 is 2.82 bits per heavy atom. The second-order valence-electron chi connectivity index (χ2n) is 7.40. The van der Waals surface area contributed by atoms with Crippen LogP contribution in [0.4, 0.5) is 5.69 Å². The smallest absolute Gasteiger partial charge is 0.248 e. The van der Waals surface area contributed by atoms with Gasteiger partial charge in [0.15, 0.2) is 0 Å². The average molecular weight is 392 g/mol. The molecule has 0 radical (unpaired) electrons. The monoisotopic (exact) mass is 392 g/mol. The molecule has 2 atom stereocenters. The Hall–Kier alpha value is -2.80. The van der Waals surface area contributed by atoms with Crippen molar-refractivity contribution >= 4 is 40.3 Å². The molecule has 0 unspecified atom stereocenters. The fourth-order valence-electron chi connectivity index (χ4n) is 4.11. The zero-order chi connectivity index (χ0) is 19.3. The van der Waals surface area contributed by atoms with Crippen LogP contribution in [0.2, 0.25) is 0 Å². The van der Waals surface area contributed by atoms with Gasteiger partial charge in [-0.15, -0.1) is 11.8 Å². The number of rotatable bonds is 3. The zero-order valence-electron chi connectivity index (χ0n) is 15.5. The molecule has 28 heavy (non-hydrogen) atoms. The van der Waals surface area contributed by atoms with E-state index in [2.05, 4.69) is 17.2 Å². The summed E-state index contributed by atoms with van der Waals surface area (Å²) >= 11 is 1.70. The molecule has 2 aliphatic heterocycles. The highest BCUT2D eigenvalue weighted by molar-refractivity contribution is 8.01. The molecule has 7 heteroatoms. The lowest BCUT2D eigenvalue weighted by atomic mass is 10.2. The van der Waals surface area contributed by atoms with Crippen molar-refractivity contribution in [2.75, 3.05) is 11.1 Å². The van der Waals surface area contributed by atoms with Gasteiger partial charge in [0.05, 0.1) is 15.9 Å². The number of carbonyl (C=O) groups excluding carboxylic acids is 2. The second-order valence-corrected chi connectivity index (χ2v) is 8.91. The number of imidazole rings is 1.